The van der Waals surface area contributed by atoms with Crippen LogP contribution in [0.25, 0.3) is 5.57 Å². The molecule has 6 aromatic carbocycles. The quantitative estimate of drug-likeness (QED) is 0.105. The number of hydrogen-bond acceptors (Lipinski definition) is 6. The number of carbonyl (C=O) groups is 4. The summed E-state index contributed by atoms with van der Waals surface area (Å²) in [7, 11) is 0. The largest absolute Gasteiger partial charge is 0.393 e. The van der Waals surface area contributed by atoms with E-state index < -0.39 is 65.5 Å². The number of nitrogens with one attached hydrogen (secondary N) is 3. The number of amides is 4. The molecule has 5 unspecified atom stereocenters. The predicted octanol–water partition coefficient (Wildman–Crippen LogP) is 15.4. The number of nitrogens with zero attached hydrogens (tertiary/aromatic N) is 3. The summed E-state index contributed by atoms with van der Waals surface area (Å²) >= 11 is 0. The Morgan fingerprint density at radius 1 is 0.576 bits per heavy atom. The molecular formula is C70H75F5N6O4. The first-order chi connectivity index (χ1) is 40.6. The Morgan fingerprint density at radius 3 is 1.79 bits per heavy atom. The smallest absolute Gasteiger partial charge is 0.382 e. The number of likely N-dealkylation sites (tertiary alicyclic amines) is 2. The second kappa shape index (κ2) is 23.9. The maximum Gasteiger partial charge on any atom is 0.393 e. The molecule has 5 aliphatic rings. The SMILES string of the molecule is CC1=CCc2c1cc(NC(=O)[C@H]1CCCN(C(=O)c3c(C)cccc3F)C1c1ccc(NC3CCC[C@@H]3C(F)(F)F)cc1)cc2C1CCN(c2cccc(C3C(C(=O)Nc4cccc(C(C)(C)C)c4)CCCN3C(=O)c3c(C)cccc3F)c2)C1. The van der Waals surface area contributed by atoms with Crippen LogP contribution < -0.4 is 20.9 Å². The van der Waals surface area contributed by atoms with Gasteiger partial charge in [0, 0.05) is 60.9 Å². The highest BCUT2D eigenvalue weighted by atomic mass is 19.4. The second-order valence-electron chi connectivity index (χ2n) is 25.2. The summed E-state index contributed by atoms with van der Waals surface area (Å²) < 4.78 is 73.1. The fourth-order valence-electron chi connectivity index (χ4n) is 14.2. The first kappa shape index (κ1) is 58.9. The van der Waals surface area contributed by atoms with Crippen LogP contribution in [0.15, 0.2) is 127 Å². The number of anilines is 4. The molecule has 4 amide bonds. The lowest BCUT2D eigenvalue weighted by molar-refractivity contribution is -0.174. The highest BCUT2D eigenvalue weighted by Crippen LogP contribution is 2.46. The molecule has 0 bridgehead atoms. The number of allylic oxidation sites excluding steroid dienone is 2. The molecule has 444 valence electrons. The minimum absolute atomic E-state index is 0.00110. The number of piperidine rings is 2. The minimum atomic E-state index is -4.33. The lowest BCUT2D eigenvalue weighted by Crippen LogP contribution is -2.46. The van der Waals surface area contributed by atoms with E-state index in [0.717, 1.165) is 46.4 Å². The molecule has 4 fully saturated rings. The summed E-state index contributed by atoms with van der Waals surface area (Å²) in [6.07, 6.45) is 2.28. The Hall–Kier alpha value is -7.81. The van der Waals surface area contributed by atoms with Gasteiger partial charge in [0.05, 0.1) is 41.0 Å². The van der Waals surface area contributed by atoms with Gasteiger partial charge >= 0.3 is 6.18 Å². The van der Waals surface area contributed by atoms with Crippen molar-refractivity contribution < 1.29 is 41.1 Å². The van der Waals surface area contributed by atoms with Crippen molar-refractivity contribution in [3.8, 4) is 0 Å². The predicted molar refractivity (Wildman–Crippen MR) is 325 cm³/mol. The third-order valence-corrected chi connectivity index (χ3v) is 18.7. The van der Waals surface area contributed by atoms with E-state index in [-0.39, 0.29) is 47.2 Å². The summed E-state index contributed by atoms with van der Waals surface area (Å²) in [5.74, 6) is -5.62. The van der Waals surface area contributed by atoms with Gasteiger partial charge in [-0.25, -0.2) is 8.78 Å². The molecule has 3 saturated heterocycles. The molecule has 0 radical (unpaired) electrons. The summed E-state index contributed by atoms with van der Waals surface area (Å²) in [6, 6.07) is 33.7. The maximum atomic E-state index is 15.7. The highest BCUT2D eigenvalue weighted by Gasteiger charge is 2.48. The van der Waals surface area contributed by atoms with Crippen LogP contribution in [0.2, 0.25) is 0 Å². The summed E-state index contributed by atoms with van der Waals surface area (Å²) in [5, 5.41) is 9.58. The molecule has 6 aromatic rings. The van der Waals surface area contributed by atoms with E-state index >= 15 is 13.6 Å². The van der Waals surface area contributed by atoms with E-state index in [2.05, 4.69) is 66.8 Å². The molecule has 1 saturated carbocycles. The Bertz CT molecular complexity index is 3530. The lowest BCUT2D eigenvalue weighted by Gasteiger charge is -2.41. The number of rotatable bonds is 12. The number of hydrogen-bond donors (Lipinski definition) is 3. The van der Waals surface area contributed by atoms with Gasteiger partial charge in [-0.2, -0.15) is 13.2 Å². The van der Waals surface area contributed by atoms with Crippen LogP contribution in [0, 0.1) is 43.2 Å². The van der Waals surface area contributed by atoms with Crippen molar-refractivity contribution in [2.24, 2.45) is 17.8 Å². The Morgan fingerprint density at radius 2 is 1.18 bits per heavy atom. The fourth-order valence-corrected chi connectivity index (χ4v) is 14.2. The third kappa shape index (κ3) is 12.1. The molecular weight excluding hydrogens is 1080 g/mol. The van der Waals surface area contributed by atoms with E-state index in [1.165, 1.54) is 17.7 Å². The van der Waals surface area contributed by atoms with Crippen molar-refractivity contribution in [3.05, 3.63) is 195 Å². The van der Waals surface area contributed by atoms with Crippen LogP contribution >= 0.6 is 0 Å². The average molecular weight is 1160 g/mol. The molecule has 15 heteroatoms. The number of benzene rings is 6. The second-order valence-corrected chi connectivity index (χ2v) is 25.2. The zero-order valence-electron chi connectivity index (χ0n) is 49.2. The van der Waals surface area contributed by atoms with Gasteiger partial charge in [0.15, 0.2) is 0 Å². The van der Waals surface area contributed by atoms with Gasteiger partial charge in [0.2, 0.25) is 11.8 Å². The van der Waals surface area contributed by atoms with E-state index in [1.54, 1.807) is 72.2 Å². The zero-order chi connectivity index (χ0) is 60.1. The number of aryl methyl sites for hydroxylation is 2. The number of fused-ring (bicyclic) bond motifs is 1. The van der Waals surface area contributed by atoms with Gasteiger partial charge in [0.25, 0.3) is 11.8 Å². The van der Waals surface area contributed by atoms with Gasteiger partial charge in [-0.15, -0.1) is 0 Å². The molecule has 10 nitrogen and oxygen atoms in total. The molecule has 2 aliphatic carbocycles. The number of carbonyl (C=O) groups excluding carboxylic acids is 4. The Labute approximate surface area is 495 Å². The molecule has 7 atom stereocenters. The molecule has 0 aromatic heterocycles. The molecule has 3 aliphatic heterocycles. The van der Waals surface area contributed by atoms with Gasteiger partial charge in [0.1, 0.15) is 11.6 Å². The minimum Gasteiger partial charge on any atom is -0.382 e. The number of halogens is 5. The van der Waals surface area contributed by atoms with Crippen molar-refractivity contribution in [1.82, 2.24) is 9.80 Å². The highest BCUT2D eigenvalue weighted by molar-refractivity contribution is 6.00. The lowest BCUT2D eigenvalue weighted by atomic mass is 9.82. The summed E-state index contributed by atoms with van der Waals surface area (Å²) in [6.45, 7) is 13.8. The van der Waals surface area contributed by atoms with Crippen LogP contribution in [0.4, 0.5) is 44.7 Å². The first-order valence-electron chi connectivity index (χ1n) is 30.1. The van der Waals surface area contributed by atoms with Crippen molar-refractivity contribution in [2.75, 3.05) is 47.0 Å². The number of alkyl halides is 3. The van der Waals surface area contributed by atoms with Crippen molar-refractivity contribution >= 4 is 52.0 Å². The first-order valence-corrected chi connectivity index (χ1v) is 30.1. The van der Waals surface area contributed by atoms with Crippen LogP contribution in [-0.4, -0.2) is 71.8 Å². The molecule has 85 heavy (non-hydrogen) atoms. The van der Waals surface area contributed by atoms with Crippen LogP contribution in [0.1, 0.15) is 162 Å². The van der Waals surface area contributed by atoms with E-state index in [1.807, 2.05) is 48.5 Å². The molecule has 0 spiro atoms. The standard InChI is InChI=1S/C70H75F5N6O4/c1-41-26-31-52-55(41)38-50(78-66(83)53-20-12-33-80(67(84)61-42(2)14-7-23-58(61)71)63(53)44-27-29-48(30-28-44)76-60-25-11-22-57(60)70(73,74)75)39-56(52)46-32-35-79(40-46)51-19-9-16-45(36-51)64-54(65(82)77-49-18-10-17-47(37-49)69(4,5)6)21-13-34-81(64)68(85)62-43(3)15-8-24-59(62)72/h7-10,14-19,23-24,26-30,36-39,46,53-54,57,60,63-64,76H,11-13,20-22,25,31-35,40H2,1-6H3,(H,77,82)(H,78,83)/t46?,53-,54?,57-,60?,63?,64?/m0/s1. The maximum absolute atomic E-state index is 15.7. The van der Waals surface area contributed by atoms with Crippen molar-refractivity contribution in [3.63, 3.8) is 0 Å². The average Bonchev–Trinajstić information content (AvgIpc) is 2.40. The van der Waals surface area contributed by atoms with Crippen LogP contribution in [0.3, 0.4) is 0 Å². The van der Waals surface area contributed by atoms with E-state index in [0.29, 0.717) is 91.9 Å². The monoisotopic (exact) mass is 1160 g/mol. The van der Waals surface area contributed by atoms with Gasteiger partial charge in [-0.3, -0.25) is 19.2 Å². The Balaban J connectivity index is 0.870. The molecule has 3 heterocycles. The topological polar surface area (TPSA) is 114 Å². The zero-order valence-corrected chi connectivity index (χ0v) is 49.2. The summed E-state index contributed by atoms with van der Waals surface area (Å²) in [4.78, 5) is 64.6. The van der Waals surface area contributed by atoms with Crippen molar-refractivity contribution in [2.45, 2.75) is 135 Å². The van der Waals surface area contributed by atoms with Gasteiger partial charge in [-0.1, -0.05) is 93.9 Å². The Kier molecular flexibility index (Phi) is 16.6. The van der Waals surface area contributed by atoms with E-state index in [9.17, 15) is 27.6 Å². The fraction of sp³-hybridized carbons (Fsp3) is 0.400. The summed E-state index contributed by atoms with van der Waals surface area (Å²) in [5.41, 5.74) is 10.4. The van der Waals surface area contributed by atoms with Gasteiger partial charge in [-0.05, 0) is 188 Å². The molecule has 11 rings (SSSR count). The van der Waals surface area contributed by atoms with Crippen LogP contribution in [-0.2, 0) is 21.4 Å². The van der Waals surface area contributed by atoms with Crippen molar-refractivity contribution in [1.29, 1.82) is 0 Å². The van der Waals surface area contributed by atoms with Crippen LogP contribution in [0.5, 0.6) is 0 Å². The van der Waals surface area contributed by atoms with Gasteiger partial charge < -0.3 is 30.7 Å². The normalized spacial score (nSPS) is 22.5. The van der Waals surface area contributed by atoms with E-state index in [4.69, 9.17) is 0 Å². The molecule has 3 N–H and O–H groups in total. The third-order valence-electron chi connectivity index (χ3n) is 18.7.